The van der Waals surface area contributed by atoms with Crippen LogP contribution in [0.2, 0.25) is 0 Å². The van der Waals surface area contributed by atoms with Crippen molar-refractivity contribution >= 4 is 0 Å². The summed E-state index contributed by atoms with van der Waals surface area (Å²) in [6, 6.07) is 0. The molecule has 2 fully saturated rings. The van der Waals surface area contributed by atoms with Crippen molar-refractivity contribution in [3.05, 3.63) is 4.85 Å². The summed E-state index contributed by atoms with van der Waals surface area (Å²) >= 11 is 0. The minimum atomic E-state index is -0.792. The molecule has 0 amide bonds. The van der Waals surface area contributed by atoms with Gasteiger partial charge < -0.3 is 9.84 Å². The minimum Gasteiger partial charge on any atom is -0.388 e. The second-order valence-electron chi connectivity index (χ2n) is 3.41. The SMILES string of the molecule is C#[N+][C@]12OC[C@@H](O)[C@H]1OC[C@H]2C. The number of rotatable bonds is 0. The molecule has 0 bridgehead atoms. The molecule has 4 atom stereocenters. The first-order valence-corrected chi connectivity index (χ1v) is 4.06. The monoisotopic (exact) mass is 170 g/mol. The fourth-order valence-electron chi connectivity index (χ4n) is 1.92. The van der Waals surface area contributed by atoms with E-state index in [1.54, 1.807) is 0 Å². The Kier molecular flexibility index (Phi) is 1.62. The van der Waals surface area contributed by atoms with Crippen LogP contribution in [0, 0.1) is 12.5 Å². The van der Waals surface area contributed by atoms with Crippen molar-refractivity contribution < 1.29 is 14.6 Å². The van der Waals surface area contributed by atoms with Gasteiger partial charge in [0.15, 0.2) is 6.10 Å². The Labute approximate surface area is 70.9 Å². The van der Waals surface area contributed by atoms with E-state index in [4.69, 9.17) is 16.0 Å². The number of fused-ring (bicyclic) bond motifs is 1. The Bertz CT molecular complexity index is 237. The summed E-state index contributed by atoms with van der Waals surface area (Å²) in [7, 11) is 0. The minimum absolute atomic E-state index is 0.115. The van der Waals surface area contributed by atoms with E-state index < -0.39 is 11.8 Å². The van der Waals surface area contributed by atoms with Crippen molar-refractivity contribution in [2.75, 3.05) is 13.2 Å². The summed E-state index contributed by atoms with van der Waals surface area (Å²) in [5, 5.41) is 9.45. The van der Waals surface area contributed by atoms with Crippen LogP contribution >= 0.6 is 0 Å². The van der Waals surface area contributed by atoms with Crippen LogP contribution in [0.5, 0.6) is 0 Å². The van der Waals surface area contributed by atoms with Crippen LogP contribution < -0.4 is 0 Å². The van der Waals surface area contributed by atoms with Crippen LogP contribution in [0.4, 0.5) is 0 Å². The molecule has 0 aromatic heterocycles. The third-order valence-corrected chi connectivity index (χ3v) is 2.68. The van der Waals surface area contributed by atoms with Crippen molar-refractivity contribution in [2.24, 2.45) is 5.92 Å². The van der Waals surface area contributed by atoms with Crippen LogP contribution in [0.1, 0.15) is 6.92 Å². The molecule has 0 aromatic carbocycles. The second-order valence-corrected chi connectivity index (χ2v) is 3.41. The Balaban J connectivity index is 2.32. The molecule has 4 heteroatoms. The smallest absolute Gasteiger partial charge is 0.388 e. The third kappa shape index (κ3) is 0.761. The highest BCUT2D eigenvalue weighted by Gasteiger charge is 2.67. The zero-order chi connectivity index (χ0) is 8.77. The van der Waals surface area contributed by atoms with Crippen molar-refractivity contribution in [1.29, 1.82) is 0 Å². The number of hydrogen-bond acceptors (Lipinski definition) is 3. The van der Waals surface area contributed by atoms with Gasteiger partial charge in [0.2, 0.25) is 0 Å². The van der Waals surface area contributed by atoms with Crippen molar-refractivity contribution in [1.82, 2.24) is 0 Å². The maximum Gasteiger partial charge on any atom is 0.418 e. The molecule has 12 heavy (non-hydrogen) atoms. The summed E-state index contributed by atoms with van der Waals surface area (Å²) in [6.07, 6.45) is -0.972. The topological polar surface area (TPSA) is 43.0 Å². The normalized spacial score (nSPS) is 51.9. The molecule has 0 saturated carbocycles. The first-order valence-electron chi connectivity index (χ1n) is 4.06. The van der Waals surface area contributed by atoms with Crippen LogP contribution in [-0.4, -0.2) is 36.3 Å². The molecule has 0 unspecified atom stereocenters. The quantitative estimate of drug-likeness (QED) is 0.559. The molecule has 2 aliphatic rings. The first-order chi connectivity index (χ1) is 5.70. The predicted molar refractivity (Wildman–Crippen MR) is 41.9 cm³/mol. The van der Waals surface area contributed by atoms with Crippen LogP contribution in [-0.2, 0) is 9.47 Å². The van der Waals surface area contributed by atoms with Gasteiger partial charge in [0, 0.05) is 0 Å². The predicted octanol–water partition coefficient (Wildman–Crippen LogP) is 0.0714. The maximum absolute atomic E-state index is 9.45. The lowest BCUT2D eigenvalue weighted by molar-refractivity contribution is -0.00567. The van der Waals surface area contributed by atoms with E-state index in [9.17, 15) is 5.11 Å². The van der Waals surface area contributed by atoms with E-state index in [2.05, 4.69) is 4.85 Å². The van der Waals surface area contributed by atoms with E-state index in [0.717, 1.165) is 0 Å². The fourth-order valence-corrected chi connectivity index (χ4v) is 1.92. The molecule has 66 valence electrons. The summed E-state index contributed by atoms with van der Waals surface area (Å²) in [5.74, 6) is 0.115. The molecule has 1 N–H and O–H groups in total. The zero-order valence-corrected chi connectivity index (χ0v) is 6.93. The molecule has 4 nitrogen and oxygen atoms in total. The van der Waals surface area contributed by atoms with E-state index >= 15 is 0 Å². The van der Waals surface area contributed by atoms with Gasteiger partial charge in [-0.25, -0.2) is 0 Å². The fraction of sp³-hybridized carbons (Fsp3) is 0.875. The number of aliphatic hydroxyl groups excluding tert-OH is 1. The van der Waals surface area contributed by atoms with Crippen LogP contribution in [0.3, 0.4) is 0 Å². The Hall–Kier alpha value is -0.630. The molecule has 0 radical (unpaired) electrons. The molecule has 2 aliphatic heterocycles. The number of aliphatic hydroxyl groups is 1. The van der Waals surface area contributed by atoms with Crippen LogP contribution in [0.25, 0.3) is 4.85 Å². The zero-order valence-electron chi connectivity index (χ0n) is 6.93. The molecular formula is C8H12NO3+. The first kappa shape index (κ1) is 7.99. The summed E-state index contributed by atoms with van der Waals surface area (Å²) in [6.45, 7) is 8.03. The van der Waals surface area contributed by atoms with Gasteiger partial charge in [0.25, 0.3) is 6.57 Å². The molecule has 2 rings (SSSR count). The van der Waals surface area contributed by atoms with Gasteiger partial charge in [-0.05, 0) is 11.8 Å². The molecule has 0 aliphatic carbocycles. The van der Waals surface area contributed by atoms with E-state index in [1.807, 2.05) is 6.92 Å². The van der Waals surface area contributed by atoms with Crippen molar-refractivity contribution in [2.45, 2.75) is 24.9 Å². The Morgan fingerprint density at radius 2 is 2.33 bits per heavy atom. The van der Waals surface area contributed by atoms with Crippen molar-refractivity contribution in [3.63, 3.8) is 0 Å². The third-order valence-electron chi connectivity index (χ3n) is 2.68. The van der Waals surface area contributed by atoms with E-state index in [-0.39, 0.29) is 18.6 Å². The van der Waals surface area contributed by atoms with Gasteiger partial charge in [-0.15, -0.1) is 0 Å². The Morgan fingerprint density at radius 1 is 1.58 bits per heavy atom. The summed E-state index contributed by atoms with van der Waals surface area (Å²) < 4.78 is 10.7. The standard InChI is InChI=1S/C8H12NO3/c1-5-3-11-7-6(10)4-12-8(5,7)9-2/h2,5-7,10H,3-4H2,1H3/q+1/t5-,6-,7-,8-/m1/s1. The van der Waals surface area contributed by atoms with Gasteiger partial charge in [-0.1, -0.05) is 0 Å². The highest BCUT2D eigenvalue weighted by Crippen LogP contribution is 2.42. The molecule has 2 saturated heterocycles. The number of ether oxygens (including phenoxy) is 2. The van der Waals surface area contributed by atoms with E-state index in [1.165, 1.54) is 0 Å². The average molecular weight is 170 g/mol. The highest BCUT2D eigenvalue weighted by molar-refractivity contribution is 5.11. The molecule has 2 heterocycles. The summed E-state index contributed by atoms with van der Waals surface area (Å²) in [5.41, 5.74) is -0.792. The lowest BCUT2D eigenvalue weighted by Gasteiger charge is -2.12. The van der Waals surface area contributed by atoms with Gasteiger partial charge in [0.05, 0.1) is 19.1 Å². The number of nitrogens with zero attached hydrogens (tertiary/aromatic N) is 1. The van der Waals surface area contributed by atoms with Gasteiger partial charge in [-0.3, -0.25) is 4.74 Å². The second kappa shape index (κ2) is 2.43. The highest BCUT2D eigenvalue weighted by atomic mass is 16.6. The van der Waals surface area contributed by atoms with Crippen molar-refractivity contribution in [3.8, 4) is 6.57 Å². The number of hydrogen-bond donors (Lipinski definition) is 1. The van der Waals surface area contributed by atoms with Gasteiger partial charge >= 0.3 is 5.72 Å². The van der Waals surface area contributed by atoms with Crippen LogP contribution in [0.15, 0.2) is 0 Å². The molecular weight excluding hydrogens is 158 g/mol. The van der Waals surface area contributed by atoms with Gasteiger partial charge in [-0.2, -0.15) is 0 Å². The van der Waals surface area contributed by atoms with E-state index in [0.29, 0.717) is 6.61 Å². The van der Waals surface area contributed by atoms with Gasteiger partial charge in [0.1, 0.15) is 6.10 Å². The largest absolute Gasteiger partial charge is 0.418 e. The lowest BCUT2D eigenvalue weighted by Crippen LogP contribution is -2.39. The lowest BCUT2D eigenvalue weighted by atomic mass is 9.96. The average Bonchev–Trinajstić information content (AvgIpc) is 2.55. The summed E-state index contributed by atoms with van der Waals surface area (Å²) in [4.78, 5) is 3.71. The Morgan fingerprint density at radius 3 is 2.92 bits per heavy atom. The molecule has 0 aromatic rings. The molecule has 0 spiro atoms. The maximum atomic E-state index is 9.45.